The van der Waals surface area contributed by atoms with E-state index in [4.69, 9.17) is 5.11 Å². The van der Waals surface area contributed by atoms with Crippen molar-refractivity contribution in [1.29, 1.82) is 0 Å². The fourth-order valence-electron chi connectivity index (χ4n) is 1.28. The molecule has 0 aromatic carbocycles. The van der Waals surface area contributed by atoms with E-state index in [1.807, 2.05) is 6.92 Å². The van der Waals surface area contributed by atoms with Gasteiger partial charge in [0.15, 0.2) is 5.78 Å². The maximum atomic E-state index is 10.6. The molecule has 0 radical (unpaired) electrons. The maximum Gasteiger partial charge on any atom is 0.310 e. The van der Waals surface area contributed by atoms with Gasteiger partial charge in [-0.1, -0.05) is 14.4 Å². The van der Waals surface area contributed by atoms with Gasteiger partial charge in [-0.05, 0) is 19.6 Å². The highest BCUT2D eigenvalue weighted by molar-refractivity contribution is 7.80. The van der Waals surface area contributed by atoms with Crippen LogP contribution in [-0.4, -0.2) is 71.5 Å². The fourth-order valence-corrected chi connectivity index (χ4v) is 1.28. The second kappa shape index (κ2) is 29.2. The number of nitrogens with one attached hydrogen (secondary N) is 3. The first-order valence-corrected chi connectivity index (χ1v) is 10.4. The third-order valence-corrected chi connectivity index (χ3v) is 2.58. The van der Waals surface area contributed by atoms with Crippen molar-refractivity contribution in [3.8, 4) is 0 Å². The van der Waals surface area contributed by atoms with Crippen molar-refractivity contribution in [2.75, 3.05) is 25.4 Å². The Labute approximate surface area is 202 Å². The minimum absolute atomic E-state index is 0. The molecule has 0 aliphatic heterocycles. The van der Waals surface area contributed by atoms with Crippen LogP contribution in [0.15, 0.2) is 0 Å². The molecule has 0 bridgehead atoms. The number of Topliss-reactive ketones (excluding diaryl/α,β-unsaturated/α-hetero) is 3. The molecule has 0 saturated carbocycles. The number of carbonyl (C=O) groups excluding carboxylic acids is 6. The number of carboxylic acid groups (broad SMARTS) is 1. The molecule has 0 aliphatic carbocycles. The van der Waals surface area contributed by atoms with E-state index in [-0.39, 0.29) is 43.3 Å². The Balaban J connectivity index is -0.000000111. The van der Waals surface area contributed by atoms with Gasteiger partial charge in [0.1, 0.15) is 18.0 Å². The Hall–Kier alpha value is -2.76. The Kier molecular flexibility index (Phi) is 36.0. The minimum atomic E-state index is -1.18. The van der Waals surface area contributed by atoms with E-state index in [2.05, 4.69) is 28.6 Å². The van der Waals surface area contributed by atoms with Crippen molar-refractivity contribution < 1.29 is 38.7 Å². The van der Waals surface area contributed by atoms with Gasteiger partial charge in [-0.15, -0.1) is 0 Å². The van der Waals surface area contributed by atoms with Crippen LogP contribution < -0.4 is 16.0 Å². The van der Waals surface area contributed by atoms with Crippen LogP contribution in [0.4, 0.5) is 0 Å². The zero-order valence-corrected chi connectivity index (χ0v) is 20.6. The van der Waals surface area contributed by atoms with Crippen LogP contribution >= 0.6 is 12.6 Å². The van der Waals surface area contributed by atoms with Gasteiger partial charge in [-0.25, -0.2) is 0 Å². The summed E-state index contributed by atoms with van der Waals surface area (Å²) in [5, 5.41) is 15.3. The Morgan fingerprint density at radius 1 is 0.697 bits per heavy atom. The number of hydrogen-bond donors (Lipinski definition) is 5. The van der Waals surface area contributed by atoms with E-state index in [1.165, 1.54) is 34.6 Å². The summed E-state index contributed by atoms with van der Waals surface area (Å²) in [7, 11) is 0. The molecule has 12 heteroatoms. The van der Waals surface area contributed by atoms with Crippen molar-refractivity contribution in [2.45, 2.75) is 68.2 Å². The molecule has 4 N–H and O–H groups in total. The topological polar surface area (TPSA) is 176 Å². The Morgan fingerprint density at radius 2 is 1.00 bits per heavy atom. The van der Waals surface area contributed by atoms with Crippen molar-refractivity contribution in [3.63, 3.8) is 0 Å². The third kappa shape index (κ3) is 65.2. The SMILES string of the molecule is C.CC(=O)CCNC(C)=O.CC(=O)CCNC(C)=O.CC(=O)NCC(=O)CC(=O)O.CCS. The summed E-state index contributed by atoms with van der Waals surface area (Å²) in [4.78, 5) is 71.7. The summed E-state index contributed by atoms with van der Waals surface area (Å²) in [6.07, 6.45) is 0.319. The molecule has 0 spiro atoms. The largest absolute Gasteiger partial charge is 0.481 e. The zero-order chi connectivity index (χ0) is 26.1. The van der Waals surface area contributed by atoms with Crippen LogP contribution in [0, 0.1) is 0 Å². The molecule has 33 heavy (non-hydrogen) atoms. The van der Waals surface area contributed by atoms with Crippen molar-refractivity contribution >= 4 is 53.7 Å². The van der Waals surface area contributed by atoms with Gasteiger partial charge < -0.3 is 21.1 Å². The zero-order valence-electron chi connectivity index (χ0n) is 19.7. The fraction of sp³-hybridized carbons (Fsp3) is 0.667. The van der Waals surface area contributed by atoms with Crippen LogP contribution in [0.3, 0.4) is 0 Å². The lowest BCUT2D eigenvalue weighted by molar-refractivity contribution is -0.140. The standard InChI is InChI=1S/C6H9NO4.2C6H11NO2.C2H6S.CH4/c1-4(8)7-3-5(9)2-6(10)11;2*1-5(8)3-4-7-6(2)9;1-2-3;/h2-3H2,1H3,(H,7,8)(H,10,11);2*3-4H2,1-2H3,(H,7,9);3H,2H2,1H3;1H4. The number of thiol groups is 1. The van der Waals surface area contributed by atoms with Gasteiger partial charge in [0.2, 0.25) is 17.7 Å². The molecule has 0 saturated heterocycles. The number of amides is 3. The maximum absolute atomic E-state index is 10.6. The molecule has 0 aromatic rings. The molecular formula is C21H41N3O8S. The highest BCUT2D eigenvalue weighted by Crippen LogP contribution is 1.80. The number of hydrogen-bond acceptors (Lipinski definition) is 8. The van der Waals surface area contributed by atoms with Gasteiger partial charge in [0, 0.05) is 46.7 Å². The van der Waals surface area contributed by atoms with Gasteiger partial charge in [0.05, 0.1) is 6.54 Å². The summed E-state index contributed by atoms with van der Waals surface area (Å²) in [5.74, 6) is -1.06. The van der Waals surface area contributed by atoms with Gasteiger partial charge >= 0.3 is 5.97 Å². The summed E-state index contributed by atoms with van der Waals surface area (Å²) in [6, 6.07) is 0. The predicted octanol–water partition coefficient (Wildman–Crippen LogP) is 0.942. The molecule has 0 fully saturated rings. The summed E-state index contributed by atoms with van der Waals surface area (Å²) < 4.78 is 0. The quantitative estimate of drug-likeness (QED) is 0.220. The van der Waals surface area contributed by atoms with E-state index in [1.54, 1.807) is 0 Å². The highest BCUT2D eigenvalue weighted by Gasteiger charge is 2.06. The van der Waals surface area contributed by atoms with Crippen molar-refractivity contribution in [1.82, 2.24) is 16.0 Å². The number of aliphatic carboxylic acids is 1. The smallest absolute Gasteiger partial charge is 0.310 e. The molecule has 3 amide bonds. The molecule has 0 heterocycles. The van der Waals surface area contributed by atoms with Gasteiger partial charge in [-0.3, -0.25) is 33.6 Å². The van der Waals surface area contributed by atoms with Crippen LogP contribution in [0.1, 0.15) is 68.2 Å². The lowest BCUT2D eigenvalue weighted by Crippen LogP contribution is -2.28. The van der Waals surface area contributed by atoms with Crippen LogP contribution in [-0.2, 0) is 33.6 Å². The number of ketones is 3. The molecule has 0 rings (SSSR count). The monoisotopic (exact) mass is 495 g/mol. The van der Waals surface area contributed by atoms with Crippen molar-refractivity contribution in [2.24, 2.45) is 0 Å². The second-order valence-electron chi connectivity index (χ2n) is 6.21. The molecule has 0 aliphatic rings. The van der Waals surface area contributed by atoms with E-state index < -0.39 is 18.2 Å². The first-order valence-electron chi connectivity index (χ1n) is 9.75. The Morgan fingerprint density at radius 3 is 1.21 bits per heavy atom. The van der Waals surface area contributed by atoms with Crippen molar-refractivity contribution in [3.05, 3.63) is 0 Å². The number of rotatable bonds is 10. The number of carbonyl (C=O) groups is 7. The van der Waals surface area contributed by atoms with E-state index >= 15 is 0 Å². The molecule has 0 aromatic heterocycles. The second-order valence-corrected chi connectivity index (χ2v) is 6.84. The van der Waals surface area contributed by atoms with E-state index in [0.717, 1.165) is 5.75 Å². The predicted molar refractivity (Wildman–Crippen MR) is 130 cm³/mol. The third-order valence-electron chi connectivity index (χ3n) is 2.58. The van der Waals surface area contributed by atoms with Gasteiger partial charge in [0.25, 0.3) is 0 Å². The van der Waals surface area contributed by atoms with Crippen LogP contribution in [0.2, 0.25) is 0 Å². The van der Waals surface area contributed by atoms with Gasteiger partial charge in [-0.2, -0.15) is 12.6 Å². The lowest BCUT2D eigenvalue weighted by atomic mass is 10.3. The molecular weight excluding hydrogens is 454 g/mol. The average molecular weight is 496 g/mol. The first-order chi connectivity index (χ1) is 14.7. The van der Waals surface area contributed by atoms with Crippen LogP contribution in [0.5, 0.6) is 0 Å². The average Bonchev–Trinajstić information content (AvgIpc) is 2.60. The summed E-state index contributed by atoms with van der Waals surface area (Å²) in [5.41, 5.74) is 0. The molecule has 194 valence electrons. The molecule has 0 unspecified atom stereocenters. The number of carboxylic acids is 1. The van der Waals surface area contributed by atoms with Crippen LogP contribution in [0.25, 0.3) is 0 Å². The summed E-state index contributed by atoms with van der Waals surface area (Å²) in [6.45, 7) is 9.83. The molecule has 11 nitrogen and oxygen atoms in total. The van der Waals surface area contributed by atoms with E-state index in [0.29, 0.717) is 25.9 Å². The minimum Gasteiger partial charge on any atom is -0.481 e. The summed E-state index contributed by atoms with van der Waals surface area (Å²) >= 11 is 3.79. The van der Waals surface area contributed by atoms with E-state index in [9.17, 15) is 33.6 Å². The normalized spacial score (nSPS) is 8.21. The first kappa shape index (κ1) is 40.6. The Bertz CT molecular complexity index is 552. The molecule has 0 atom stereocenters. The highest BCUT2D eigenvalue weighted by atomic mass is 32.1. The lowest BCUT2D eigenvalue weighted by Gasteiger charge is -1.97.